The SMILES string of the molecule is NCC1(c2ccc3cccc(Br)c3c2)CC1. The minimum Gasteiger partial charge on any atom is -0.330 e. The summed E-state index contributed by atoms with van der Waals surface area (Å²) in [6.07, 6.45) is 2.47. The van der Waals surface area contributed by atoms with Gasteiger partial charge in [-0.05, 0) is 41.3 Å². The summed E-state index contributed by atoms with van der Waals surface area (Å²) in [5.74, 6) is 0. The van der Waals surface area contributed by atoms with Crippen LogP contribution in [0.1, 0.15) is 18.4 Å². The van der Waals surface area contributed by atoms with E-state index in [0.717, 1.165) is 6.54 Å². The smallest absolute Gasteiger partial charge is 0.0253 e. The van der Waals surface area contributed by atoms with Crippen LogP contribution in [0, 0.1) is 0 Å². The molecule has 0 saturated heterocycles. The van der Waals surface area contributed by atoms with E-state index in [2.05, 4.69) is 52.3 Å². The molecule has 0 bridgehead atoms. The van der Waals surface area contributed by atoms with Crippen molar-refractivity contribution in [1.82, 2.24) is 0 Å². The Labute approximate surface area is 104 Å². The van der Waals surface area contributed by atoms with Gasteiger partial charge in [-0.3, -0.25) is 0 Å². The van der Waals surface area contributed by atoms with Gasteiger partial charge in [0.05, 0.1) is 0 Å². The molecule has 1 aliphatic rings. The van der Waals surface area contributed by atoms with E-state index in [4.69, 9.17) is 5.73 Å². The molecule has 0 radical (unpaired) electrons. The maximum absolute atomic E-state index is 5.87. The van der Waals surface area contributed by atoms with Crippen LogP contribution in [0.5, 0.6) is 0 Å². The fourth-order valence-corrected chi connectivity index (χ4v) is 2.82. The zero-order chi connectivity index (χ0) is 11.2. The highest BCUT2D eigenvalue weighted by molar-refractivity contribution is 9.10. The first-order chi connectivity index (χ1) is 7.75. The second-order valence-electron chi connectivity index (χ2n) is 4.66. The van der Waals surface area contributed by atoms with Gasteiger partial charge in [0, 0.05) is 16.4 Å². The largest absolute Gasteiger partial charge is 0.330 e. The number of hydrogen-bond acceptors (Lipinski definition) is 1. The van der Waals surface area contributed by atoms with Crippen LogP contribution in [-0.2, 0) is 5.41 Å². The van der Waals surface area contributed by atoms with Crippen molar-refractivity contribution in [2.45, 2.75) is 18.3 Å². The Morgan fingerprint density at radius 3 is 2.69 bits per heavy atom. The standard InChI is InChI=1S/C14H14BrN/c15-13-3-1-2-10-4-5-11(8-12(10)13)14(9-16)6-7-14/h1-5,8H,6-7,9,16H2. The van der Waals surface area contributed by atoms with Gasteiger partial charge in [0.15, 0.2) is 0 Å². The molecule has 3 rings (SSSR count). The molecule has 0 heterocycles. The van der Waals surface area contributed by atoms with Gasteiger partial charge in [-0.2, -0.15) is 0 Å². The molecule has 16 heavy (non-hydrogen) atoms. The molecule has 0 unspecified atom stereocenters. The number of nitrogens with two attached hydrogens (primary N) is 1. The highest BCUT2D eigenvalue weighted by Crippen LogP contribution is 2.48. The lowest BCUT2D eigenvalue weighted by molar-refractivity contribution is 0.706. The Morgan fingerprint density at radius 1 is 1.19 bits per heavy atom. The summed E-state index contributed by atoms with van der Waals surface area (Å²) in [6, 6.07) is 13.0. The third kappa shape index (κ3) is 1.48. The van der Waals surface area contributed by atoms with Crippen LogP contribution in [0.3, 0.4) is 0 Å². The summed E-state index contributed by atoms with van der Waals surface area (Å²) < 4.78 is 1.17. The van der Waals surface area contributed by atoms with Crippen molar-refractivity contribution in [3.05, 3.63) is 46.4 Å². The monoisotopic (exact) mass is 275 g/mol. The molecule has 1 aliphatic carbocycles. The molecule has 2 aromatic carbocycles. The Morgan fingerprint density at radius 2 is 2.00 bits per heavy atom. The summed E-state index contributed by atoms with van der Waals surface area (Å²) in [4.78, 5) is 0. The van der Waals surface area contributed by atoms with E-state index in [9.17, 15) is 0 Å². The second kappa shape index (κ2) is 3.57. The Balaban J connectivity index is 2.19. The molecule has 1 nitrogen and oxygen atoms in total. The Bertz CT molecular complexity index is 543. The molecule has 0 aliphatic heterocycles. The van der Waals surface area contributed by atoms with Gasteiger partial charge in [0.25, 0.3) is 0 Å². The molecule has 1 saturated carbocycles. The third-order valence-corrected chi connectivity index (χ3v) is 4.38. The Kier molecular flexibility index (Phi) is 2.30. The lowest BCUT2D eigenvalue weighted by Gasteiger charge is -2.14. The van der Waals surface area contributed by atoms with E-state index in [0.29, 0.717) is 0 Å². The Hall–Kier alpha value is -0.860. The van der Waals surface area contributed by atoms with Gasteiger partial charge >= 0.3 is 0 Å². The summed E-state index contributed by atoms with van der Waals surface area (Å²) in [7, 11) is 0. The van der Waals surface area contributed by atoms with Crippen molar-refractivity contribution in [2.75, 3.05) is 6.54 Å². The van der Waals surface area contributed by atoms with Crippen molar-refractivity contribution >= 4 is 26.7 Å². The number of halogens is 1. The van der Waals surface area contributed by atoms with Crippen LogP contribution < -0.4 is 5.73 Å². The first-order valence-corrected chi connectivity index (χ1v) is 6.43. The number of rotatable bonds is 2. The van der Waals surface area contributed by atoms with Crippen LogP contribution in [0.4, 0.5) is 0 Å². The molecule has 0 aromatic heterocycles. The van der Waals surface area contributed by atoms with Crippen molar-refractivity contribution in [3.8, 4) is 0 Å². The molecule has 2 heteroatoms. The highest BCUT2D eigenvalue weighted by atomic mass is 79.9. The lowest BCUT2D eigenvalue weighted by atomic mass is 9.94. The second-order valence-corrected chi connectivity index (χ2v) is 5.51. The molecule has 0 amide bonds. The molecule has 0 spiro atoms. The van der Waals surface area contributed by atoms with E-state index in [1.165, 1.54) is 33.7 Å². The predicted molar refractivity (Wildman–Crippen MR) is 71.6 cm³/mol. The summed E-state index contributed by atoms with van der Waals surface area (Å²) in [6.45, 7) is 0.767. The number of hydrogen-bond donors (Lipinski definition) is 1. The van der Waals surface area contributed by atoms with E-state index < -0.39 is 0 Å². The van der Waals surface area contributed by atoms with Gasteiger partial charge in [0.1, 0.15) is 0 Å². The van der Waals surface area contributed by atoms with E-state index in [1.54, 1.807) is 0 Å². The third-order valence-electron chi connectivity index (χ3n) is 3.69. The van der Waals surface area contributed by atoms with Crippen LogP contribution in [0.25, 0.3) is 10.8 Å². The molecular formula is C14H14BrN. The molecule has 2 aromatic rings. The van der Waals surface area contributed by atoms with Crippen LogP contribution in [0.2, 0.25) is 0 Å². The average Bonchev–Trinajstić information content (AvgIpc) is 3.10. The van der Waals surface area contributed by atoms with E-state index >= 15 is 0 Å². The molecule has 2 N–H and O–H groups in total. The number of benzene rings is 2. The van der Waals surface area contributed by atoms with Gasteiger partial charge in [-0.1, -0.05) is 40.2 Å². The normalized spacial score (nSPS) is 17.6. The maximum atomic E-state index is 5.87. The van der Waals surface area contributed by atoms with Crippen molar-refractivity contribution in [2.24, 2.45) is 5.73 Å². The molecule has 82 valence electrons. The van der Waals surface area contributed by atoms with E-state index in [-0.39, 0.29) is 5.41 Å². The average molecular weight is 276 g/mol. The molecular weight excluding hydrogens is 262 g/mol. The van der Waals surface area contributed by atoms with E-state index in [1.807, 2.05) is 0 Å². The van der Waals surface area contributed by atoms with Gasteiger partial charge in [-0.25, -0.2) is 0 Å². The van der Waals surface area contributed by atoms with Crippen LogP contribution in [0.15, 0.2) is 40.9 Å². The molecule has 1 fully saturated rings. The van der Waals surface area contributed by atoms with Gasteiger partial charge in [-0.15, -0.1) is 0 Å². The van der Waals surface area contributed by atoms with Crippen molar-refractivity contribution < 1.29 is 0 Å². The zero-order valence-electron chi connectivity index (χ0n) is 9.04. The van der Waals surface area contributed by atoms with Crippen molar-refractivity contribution in [3.63, 3.8) is 0 Å². The minimum atomic E-state index is 0.281. The van der Waals surface area contributed by atoms with Gasteiger partial charge < -0.3 is 5.73 Å². The number of fused-ring (bicyclic) bond motifs is 1. The topological polar surface area (TPSA) is 26.0 Å². The first-order valence-electron chi connectivity index (χ1n) is 5.64. The summed E-state index contributed by atoms with van der Waals surface area (Å²) >= 11 is 3.61. The predicted octanol–water partition coefficient (Wildman–Crippen LogP) is 3.59. The zero-order valence-corrected chi connectivity index (χ0v) is 10.6. The van der Waals surface area contributed by atoms with Crippen LogP contribution >= 0.6 is 15.9 Å². The fourth-order valence-electron chi connectivity index (χ4n) is 2.33. The summed E-state index contributed by atoms with van der Waals surface area (Å²) in [5, 5.41) is 2.57. The quantitative estimate of drug-likeness (QED) is 0.891. The fraction of sp³-hybridized carbons (Fsp3) is 0.286. The van der Waals surface area contributed by atoms with Crippen molar-refractivity contribution in [1.29, 1.82) is 0 Å². The summed E-state index contributed by atoms with van der Waals surface area (Å²) in [5.41, 5.74) is 7.55. The highest BCUT2D eigenvalue weighted by Gasteiger charge is 2.42. The maximum Gasteiger partial charge on any atom is 0.0253 e. The van der Waals surface area contributed by atoms with Crippen LogP contribution in [-0.4, -0.2) is 6.54 Å². The van der Waals surface area contributed by atoms with Gasteiger partial charge in [0.2, 0.25) is 0 Å². The first kappa shape index (κ1) is 10.3. The molecule has 0 atom stereocenters. The lowest BCUT2D eigenvalue weighted by Crippen LogP contribution is -2.19. The minimum absolute atomic E-state index is 0.281.